The molecule has 0 aliphatic carbocycles. The number of halogens is 2. The average molecular weight is 542 g/mol. The third-order valence-electron chi connectivity index (χ3n) is 5.36. The number of benzene rings is 3. The predicted octanol–water partition coefficient (Wildman–Crippen LogP) is 7.63. The summed E-state index contributed by atoms with van der Waals surface area (Å²) in [6.45, 7) is 2.07. The van der Waals surface area contributed by atoms with Crippen molar-refractivity contribution in [3.63, 3.8) is 0 Å². The Bertz CT molecular complexity index is 1220. The van der Waals surface area contributed by atoms with Crippen LogP contribution in [-0.4, -0.2) is 10.9 Å². The van der Waals surface area contributed by atoms with Crippen LogP contribution in [0.4, 0.5) is 0 Å². The van der Waals surface area contributed by atoms with Gasteiger partial charge in [0.2, 0.25) is 0 Å². The highest BCUT2D eigenvalue weighted by atomic mass is 79.9. The molecule has 0 saturated carbocycles. The molecule has 5 heteroatoms. The third kappa shape index (κ3) is 4.63. The SMILES string of the molecule is CCCc1oc2cc(CCc3ccccc3)ccc2c1C(=O)c1cc(Br)c(O)c(Br)c1. The number of hydrogen-bond donors (Lipinski definition) is 1. The molecule has 31 heavy (non-hydrogen) atoms. The molecule has 4 aromatic rings. The van der Waals surface area contributed by atoms with Crippen molar-refractivity contribution >= 4 is 48.6 Å². The lowest BCUT2D eigenvalue weighted by atomic mass is 9.97. The summed E-state index contributed by atoms with van der Waals surface area (Å²) in [7, 11) is 0. The van der Waals surface area contributed by atoms with Crippen LogP contribution in [0.2, 0.25) is 0 Å². The van der Waals surface area contributed by atoms with Crippen LogP contribution < -0.4 is 0 Å². The van der Waals surface area contributed by atoms with E-state index in [2.05, 4.69) is 75.2 Å². The Kier molecular flexibility index (Phi) is 6.63. The number of carbonyl (C=O) groups is 1. The Morgan fingerprint density at radius 2 is 1.58 bits per heavy atom. The summed E-state index contributed by atoms with van der Waals surface area (Å²) in [4.78, 5) is 13.4. The van der Waals surface area contributed by atoms with Gasteiger partial charge in [-0.25, -0.2) is 0 Å². The number of fused-ring (bicyclic) bond motifs is 1. The van der Waals surface area contributed by atoms with Crippen LogP contribution in [0.5, 0.6) is 5.75 Å². The van der Waals surface area contributed by atoms with Gasteiger partial charge in [0.05, 0.1) is 14.5 Å². The lowest BCUT2D eigenvalue weighted by Gasteiger charge is -2.06. The number of furan rings is 1. The second-order valence-electron chi connectivity index (χ2n) is 7.58. The van der Waals surface area contributed by atoms with Crippen molar-refractivity contribution in [1.29, 1.82) is 0 Å². The number of phenols is 1. The van der Waals surface area contributed by atoms with Crippen molar-refractivity contribution < 1.29 is 14.3 Å². The molecule has 0 spiro atoms. The Morgan fingerprint density at radius 1 is 0.903 bits per heavy atom. The van der Waals surface area contributed by atoms with E-state index in [1.807, 2.05) is 12.1 Å². The second-order valence-corrected chi connectivity index (χ2v) is 9.29. The minimum absolute atomic E-state index is 0.0745. The number of aromatic hydroxyl groups is 1. The van der Waals surface area contributed by atoms with Crippen LogP contribution in [0.1, 0.15) is 46.2 Å². The van der Waals surface area contributed by atoms with Crippen molar-refractivity contribution in [3.05, 3.63) is 97.6 Å². The predicted molar refractivity (Wildman–Crippen MR) is 131 cm³/mol. The van der Waals surface area contributed by atoms with E-state index in [0.717, 1.165) is 30.2 Å². The molecule has 0 radical (unpaired) electrons. The van der Waals surface area contributed by atoms with Crippen LogP contribution in [-0.2, 0) is 19.3 Å². The fourth-order valence-electron chi connectivity index (χ4n) is 3.77. The van der Waals surface area contributed by atoms with E-state index < -0.39 is 0 Å². The first-order chi connectivity index (χ1) is 15.0. The maximum Gasteiger partial charge on any atom is 0.197 e. The van der Waals surface area contributed by atoms with E-state index in [4.69, 9.17) is 4.42 Å². The molecule has 1 heterocycles. The third-order valence-corrected chi connectivity index (χ3v) is 6.56. The molecule has 0 atom stereocenters. The number of carbonyl (C=O) groups excluding carboxylic acids is 1. The molecule has 158 valence electrons. The lowest BCUT2D eigenvalue weighted by molar-refractivity contribution is 0.103. The normalized spacial score (nSPS) is 11.2. The Labute approximate surface area is 198 Å². The number of rotatable bonds is 7. The fourth-order valence-corrected chi connectivity index (χ4v) is 4.96. The van der Waals surface area contributed by atoms with Gasteiger partial charge in [0.25, 0.3) is 0 Å². The minimum Gasteiger partial charge on any atom is -0.506 e. The van der Waals surface area contributed by atoms with Gasteiger partial charge >= 0.3 is 0 Å². The zero-order valence-corrected chi connectivity index (χ0v) is 20.3. The molecule has 0 saturated heterocycles. The number of aryl methyl sites for hydroxylation is 3. The van der Waals surface area contributed by atoms with Crippen molar-refractivity contribution in [3.8, 4) is 5.75 Å². The first-order valence-electron chi connectivity index (χ1n) is 10.3. The first-order valence-corrected chi connectivity index (χ1v) is 11.9. The quantitative estimate of drug-likeness (QED) is 0.245. The molecule has 4 rings (SSSR count). The van der Waals surface area contributed by atoms with Gasteiger partial charge in [-0.15, -0.1) is 0 Å². The minimum atomic E-state index is -0.111. The number of ketones is 1. The summed E-state index contributed by atoms with van der Waals surface area (Å²) in [5, 5.41) is 10.8. The summed E-state index contributed by atoms with van der Waals surface area (Å²) in [6.07, 6.45) is 3.43. The summed E-state index contributed by atoms with van der Waals surface area (Å²) < 4.78 is 7.11. The zero-order valence-electron chi connectivity index (χ0n) is 17.1. The van der Waals surface area contributed by atoms with Crippen LogP contribution in [0.25, 0.3) is 11.0 Å². The van der Waals surface area contributed by atoms with Gasteiger partial charge < -0.3 is 9.52 Å². The first kappa shape index (κ1) is 21.8. The summed E-state index contributed by atoms with van der Waals surface area (Å²) in [6, 6.07) is 19.8. The van der Waals surface area contributed by atoms with E-state index in [0.29, 0.717) is 32.3 Å². The molecule has 1 N–H and O–H groups in total. The molecule has 0 aliphatic rings. The lowest BCUT2D eigenvalue weighted by Crippen LogP contribution is -2.04. The van der Waals surface area contributed by atoms with Gasteiger partial charge in [0.1, 0.15) is 17.1 Å². The van der Waals surface area contributed by atoms with Crippen LogP contribution >= 0.6 is 31.9 Å². The molecule has 0 aliphatic heterocycles. The van der Waals surface area contributed by atoms with Gasteiger partial charge in [-0.05, 0) is 80.4 Å². The topological polar surface area (TPSA) is 50.4 Å². The Hall–Kier alpha value is -2.37. The van der Waals surface area contributed by atoms with Crippen molar-refractivity contribution in [2.45, 2.75) is 32.6 Å². The molecule has 0 unspecified atom stereocenters. The summed E-state index contributed by atoms with van der Waals surface area (Å²) in [5.74, 6) is 0.675. The molecule has 3 nitrogen and oxygen atoms in total. The molecule has 1 aromatic heterocycles. The van der Waals surface area contributed by atoms with E-state index in [9.17, 15) is 9.90 Å². The van der Waals surface area contributed by atoms with Crippen LogP contribution in [0.3, 0.4) is 0 Å². The largest absolute Gasteiger partial charge is 0.506 e. The van der Waals surface area contributed by atoms with Crippen molar-refractivity contribution in [1.82, 2.24) is 0 Å². The standard InChI is InChI=1S/C26H22Br2O3/c1-2-6-22-24(25(29)18-14-20(27)26(30)21(28)15-18)19-12-11-17(13-23(19)31-22)10-9-16-7-4-3-5-8-16/h3-5,7-8,11-15,30H,2,6,9-10H2,1H3. The second kappa shape index (κ2) is 9.41. The van der Waals surface area contributed by atoms with Crippen molar-refractivity contribution in [2.24, 2.45) is 0 Å². The molecule has 0 fully saturated rings. The molecular weight excluding hydrogens is 520 g/mol. The Balaban J connectivity index is 1.70. The highest BCUT2D eigenvalue weighted by molar-refractivity contribution is 9.11. The van der Waals surface area contributed by atoms with Gasteiger partial charge in [0.15, 0.2) is 5.78 Å². The van der Waals surface area contributed by atoms with E-state index in [-0.39, 0.29) is 11.5 Å². The molecule has 0 bridgehead atoms. The molecule has 3 aromatic carbocycles. The smallest absolute Gasteiger partial charge is 0.197 e. The average Bonchev–Trinajstić information content (AvgIpc) is 3.13. The van der Waals surface area contributed by atoms with E-state index >= 15 is 0 Å². The number of hydrogen-bond acceptors (Lipinski definition) is 3. The van der Waals surface area contributed by atoms with Crippen LogP contribution in [0, 0.1) is 0 Å². The molecular formula is C26H22Br2O3. The summed E-state index contributed by atoms with van der Waals surface area (Å²) in [5.41, 5.74) is 4.32. The molecule has 0 amide bonds. The van der Waals surface area contributed by atoms with Crippen molar-refractivity contribution in [2.75, 3.05) is 0 Å². The maximum atomic E-state index is 13.4. The zero-order chi connectivity index (χ0) is 22.0. The maximum absolute atomic E-state index is 13.4. The summed E-state index contributed by atoms with van der Waals surface area (Å²) >= 11 is 6.64. The van der Waals surface area contributed by atoms with E-state index in [1.165, 1.54) is 11.1 Å². The van der Waals surface area contributed by atoms with E-state index in [1.54, 1.807) is 12.1 Å². The van der Waals surface area contributed by atoms with Crippen LogP contribution in [0.15, 0.2) is 74.0 Å². The fraction of sp³-hybridized carbons (Fsp3) is 0.192. The monoisotopic (exact) mass is 540 g/mol. The van der Waals surface area contributed by atoms with Gasteiger partial charge in [-0.3, -0.25) is 4.79 Å². The van der Waals surface area contributed by atoms with Gasteiger partial charge in [-0.1, -0.05) is 49.4 Å². The highest BCUT2D eigenvalue weighted by Crippen LogP contribution is 2.36. The highest BCUT2D eigenvalue weighted by Gasteiger charge is 2.23. The Morgan fingerprint density at radius 3 is 2.26 bits per heavy atom. The van der Waals surface area contributed by atoms with Gasteiger partial charge in [-0.2, -0.15) is 0 Å². The van der Waals surface area contributed by atoms with Gasteiger partial charge in [0, 0.05) is 17.4 Å². The number of phenolic OH excluding ortho intramolecular Hbond substituents is 1.